The molecule has 0 aliphatic carbocycles. The third-order valence-corrected chi connectivity index (χ3v) is 4.24. The first kappa shape index (κ1) is 16.9. The number of hydrogen-bond acceptors (Lipinski definition) is 3. The minimum atomic E-state index is -0.194. The highest BCUT2D eigenvalue weighted by atomic mass is 19.1. The van der Waals surface area contributed by atoms with Crippen molar-refractivity contribution < 1.29 is 13.9 Å². The van der Waals surface area contributed by atoms with Gasteiger partial charge in [-0.2, -0.15) is 0 Å². The van der Waals surface area contributed by atoms with Gasteiger partial charge in [0, 0.05) is 19.1 Å². The molecular weight excluding hydrogens is 283 g/mol. The molecule has 1 aliphatic heterocycles. The summed E-state index contributed by atoms with van der Waals surface area (Å²) in [5, 5.41) is 0. The van der Waals surface area contributed by atoms with Gasteiger partial charge in [0.25, 0.3) is 0 Å². The fourth-order valence-corrected chi connectivity index (χ4v) is 2.57. The van der Waals surface area contributed by atoms with Crippen molar-refractivity contribution in [2.75, 3.05) is 39.9 Å². The molecule has 122 valence electrons. The lowest BCUT2D eigenvalue weighted by molar-refractivity contribution is -0.136. The average Bonchev–Trinajstić information content (AvgIpc) is 2.53. The van der Waals surface area contributed by atoms with E-state index in [0.717, 1.165) is 18.4 Å². The van der Waals surface area contributed by atoms with E-state index in [4.69, 9.17) is 4.74 Å². The van der Waals surface area contributed by atoms with Crippen LogP contribution >= 0.6 is 0 Å². The SMILES string of the molecule is C[C@@H](CCc1cccc(F)c1)N(C)CC(=O)N1CCOCC1. The summed E-state index contributed by atoms with van der Waals surface area (Å²) in [5.41, 5.74) is 1.000. The van der Waals surface area contributed by atoms with Gasteiger partial charge in [-0.25, -0.2) is 4.39 Å². The van der Waals surface area contributed by atoms with Crippen LogP contribution in [0.15, 0.2) is 24.3 Å². The minimum absolute atomic E-state index is 0.156. The summed E-state index contributed by atoms with van der Waals surface area (Å²) >= 11 is 0. The predicted octanol–water partition coefficient (Wildman–Crippen LogP) is 1.94. The molecule has 0 aromatic heterocycles. The van der Waals surface area contributed by atoms with Crippen molar-refractivity contribution in [3.8, 4) is 0 Å². The van der Waals surface area contributed by atoms with Crippen LogP contribution in [0.5, 0.6) is 0 Å². The third kappa shape index (κ3) is 5.07. The zero-order chi connectivity index (χ0) is 15.9. The van der Waals surface area contributed by atoms with Crippen molar-refractivity contribution >= 4 is 5.91 Å². The number of ether oxygens (including phenoxy) is 1. The van der Waals surface area contributed by atoms with E-state index in [-0.39, 0.29) is 17.8 Å². The highest BCUT2D eigenvalue weighted by Crippen LogP contribution is 2.11. The number of aryl methyl sites for hydroxylation is 1. The van der Waals surface area contributed by atoms with Crippen LogP contribution in [0.3, 0.4) is 0 Å². The van der Waals surface area contributed by atoms with Crippen LogP contribution in [-0.2, 0) is 16.0 Å². The molecule has 1 atom stereocenters. The third-order valence-electron chi connectivity index (χ3n) is 4.24. The number of likely N-dealkylation sites (N-methyl/N-ethyl adjacent to an activating group) is 1. The zero-order valence-corrected chi connectivity index (χ0v) is 13.4. The maximum absolute atomic E-state index is 13.2. The molecule has 0 N–H and O–H groups in total. The largest absolute Gasteiger partial charge is 0.378 e. The van der Waals surface area contributed by atoms with Gasteiger partial charge in [-0.15, -0.1) is 0 Å². The summed E-state index contributed by atoms with van der Waals surface area (Å²) in [6, 6.07) is 6.98. The molecule has 1 fully saturated rings. The Labute approximate surface area is 131 Å². The van der Waals surface area contributed by atoms with Crippen LogP contribution in [0, 0.1) is 5.82 Å². The minimum Gasteiger partial charge on any atom is -0.378 e. The number of rotatable bonds is 6. The lowest BCUT2D eigenvalue weighted by atomic mass is 10.1. The number of benzene rings is 1. The number of halogens is 1. The van der Waals surface area contributed by atoms with Crippen LogP contribution in [0.2, 0.25) is 0 Å². The Morgan fingerprint density at radius 1 is 1.41 bits per heavy atom. The molecule has 0 saturated carbocycles. The van der Waals surface area contributed by atoms with Crippen LogP contribution in [0.1, 0.15) is 18.9 Å². The second kappa shape index (κ2) is 8.25. The van der Waals surface area contributed by atoms with Gasteiger partial charge in [0.15, 0.2) is 0 Å². The summed E-state index contributed by atoms with van der Waals surface area (Å²) in [4.78, 5) is 16.1. The average molecular weight is 308 g/mol. The Bertz CT molecular complexity index is 489. The number of carbonyl (C=O) groups is 1. The summed E-state index contributed by atoms with van der Waals surface area (Å²) < 4.78 is 18.4. The fraction of sp³-hybridized carbons (Fsp3) is 0.588. The van der Waals surface area contributed by atoms with E-state index >= 15 is 0 Å². The van der Waals surface area contributed by atoms with Gasteiger partial charge in [0.2, 0.25) is 5.91 Å². The van der Waals surface area contributed by atoms with E-state index in [1.54, 1.807) is 12.1 Å². The topological polar surface area (TPSA) is 32.8 Å². The normalized spacial score (nSPS) is 16.8. The van der Waals surface area contributed by atoms with Gasteiger partial charge in [-0.3, -0.25) is 9.69 Å². The molecule has 1 heterocycles. The predicted molar refractivity (Wildman–Crippen MR) is 84.2 cm³/mol. The molecular formula is C17H25FN2O2. The van der Waals surface area contributed by atoms with E-state index in [1.165, 1.54) is 6.07 Å². The van der Waals surface area contributed by atoms with Crippen LogP contribution in [0.25, 0.3) is 0 Å². The first-order valence-corrected chi connectivity index (χ1v) is 7.86. The van der Waals surface area contributed by atoms with Crippen molar-refractivity contribution in [1.29, 1.82) is 0 Å². The number of morpholine rings is 1. The lowest BCUT2D eigenvalue weighted by Gasteiger charge is -2.30. The van der Waals surface area contributed by atoms with Crippen molar-refractivity contribution in [3.05, 3.63) is 35.6 Å². The molecule has 1 aromatic carbocycles. The second-order valence-corrected chi connectivity index (χ2v) is 5.93. The van der Waals surface area contributed by atoms with Crippen LogP contribution in [-0.4, -0.2) is 61.6 Å². The van der Waals surface area contributed by atoms with Crippen molar-refractivity contribution in [1.82, 2.24) is 9.80 Å². The highest BCUT2D eigenvalue weighted by Gasteiger charge is 2.20. The summed E-state index contributed by atoms with van der Waals surface area (Å²) in [6.45, 7) is 5.15. The summed E-state index contributed by atoms with van der Waals surface area (Å²) in [5.74, 6) is -0.0376. The molecule has 5 heteroatoms. The van der Waals surface area contributed by atoms with E-state index in [0.29, 0.717) is 32.8 Å². The molecule has 2 rings (SSSR count). The standard InChI is InChI=1S/C17H25FN2O2/c1-14(6-7-15-4-3-5-16(18)12-15)19(2)13-17(21)20-8-10-22-11-9-20/h3-5,12,14H,6-11,13H2,1-2H3/t14-/m0/s1. The van der Waals surface area contributed by atoms with Gasteiger partial charge >= 0.3 is 0 Å². The molecule has 0 bridgehead atoms. The zero-order valence-electron chi connectivity index (χ0n) is 13.4. The molecule has 4 nitrogen and oxygen atoms in total. The molecule has 0 spiro atoms. The molecule has 1 aromatic rings. The van der Waals surface area contributed by atoms with E-state index in [2.05, 4.69) is 11.8 Å². The molecule has 0 radical (unpaired) electrons. The number of amides is 1. The van der Waals surface area contributed by atoms with Crippen LogP contribution in [0.4, 0.5) is 4.39 Å². The first-order valence-electron chi connectivity index (χ1n) is 7.86. The quantitative estimate of drug-likeness (QED) is 0.805. The van der Waals surface area contributed by atoms with Gasteiger partial charge in [-0.05, 0) is 44.5 Å². The maximum Gasteiger partial charge on any atom is 0.236 e. The van der Waals surface area contributed by atoms with Crippen molar-refractivity contribution in [2.45, 2.75) is 25.8 Å². The Kier molecular flexibility index (Phi) is 6.34. The Balaban J connectivity index is 1.76. The first-order chi connectivity index (χ1) is 10.6. The number of carbonyl (C=O) groups excluding carboxylic acids is 1. The van der Waals surface area contributed by atoms with Gasteiger partial charge in [-0.1, -0.05) is 12.1 Å². The highest BCUT2D eigenvalue weighted by molar-refractivity contribution is 5.78. The van der Waals surface area contributed by atoms with Gasteiger partial charge < -0.3 is 9.64 Å². The summed E-state index contributed by atoms with van der Waals surface area (Å²) in [6.07, 6.45) is 1.71. The molecule has 0 unspecified atom stereocenters. The van der Waals surface area contributed by atoms with E-state index in [9.17, 15) is 9.18 Å². The van der Waals surface area contributed by atoms with Crippen molar-refractivity contribution in [2.24, 2.45) is 0 Å². The fourth-order valence-electron chi connectivity index (χ4n) is 2.57. The number of hydrogen-bond donors (Lipinski definition) is 0. The molecule has 1 aliphatic rings. The molecule has 22 heavy (non-hydrogen) atoms. The number of nitrogens with zero attached hydrogens (tertiary/aromatic N) is 2. The lowest BCUT2D eigenvalue weighted by Crippen LogP contribution is -2.46. The van der Waals surface area contributed by atoms with Crippen LogP contribution < -0.4 is 0 Å². The Hall–Kier alpha value is -1.46. The monoisotopic (exact) mass is 308 g/mol. The summed E-state index contributed by atoms with van der Waals surface area (Å²) in [7, 11) is 1.97. The van der Waals surface area contributed by atoms with E-state index < -0.39 is 0 Å². The molecule has 1 amide bonds. The Morgan fingerprint density at radius 3 is 2.82 bits per heavy atom. The maximum atomic E-state index is 13.2. The van der Waals surface area contributed by atoms with E-state index in [1.807, 2.05) is 18.0 Å². The van der Waals surface area contributed by atoms with Crippen molar-refractivity contribution in [3.63, 3.8) is 0 Å². The second-order valence-electron chi connectivity index (χ2n) is 5.93. The Morgan fingerprint density at radius 2 is 2.14 bits per heavy atom. The van der Waals surface area contributed by atoms with Gasteiger partial charge in [0.1, 0.15) is 5.82 Å². The smallest absolute Gasteiger partial charge is 0.236 e. The molecule has 1 saturated heterocycles. The van der Waals surface area contributed by atoms with Gasteiger partial charge in [0.05, 0.1) is 19.8 Å².